The summed E-state index contributed by atoms with van der Waals surface area (Å²) >= 11 is 3.99. The molecule has 0 bridgehead atoms. The summed E-state index contributed by atoms with van der Waals surface area (Å²) in [5.74, 6) is -9.17. The van der Waals surface area contributed by atoms with Gasteiger partial charge in [0.2, 0.25) is 47.3 Å². The Morgan fingerprint density at radius 1 is 0.577 bits per heavy atom. The van der Waals surface area contributed by atoms with E-state index in [-0.39, 0.29) is 75.2 Å². The van der Waals surface area contributed by atoms with E-state index in [0.717, 1.165) is 6.92 Å². The van der Waals surface area contributed by atoms with E-state index in [0.29, 0.717) is 5.56 Å². The molecule has 1 aromatic carbocycles. The Labute approximate surface area is 417 Å². The number of aliphatic hydroxyl groups excluding tert-OH is 2. The molecule has 1 rings (SSSR count). The van der Waals surface area contributed by atoms with Crippen molar-refractivity contribution in [3.8, 4) is 0 Å². The van der Waals surface area contributed by atoms with Gasteiger partial charge in [-0.25, -0.2) is 4.79 Å². The van der Waals surface area contributed by atoms with E-state index in [4.69, 9.17) is 28.7 Å². The normalized spacial score (nSPS) is 15.2. The predicted octanol–water partition coefficient (Wildman–Crippen LogP) is -5.98. The number of carboxylic acids is 1. The Morgan fingerprint density at radius 2 is 1.01 bits per heavy atom. The van der Waals surface area contributed by atoms with Gasteiger partial charge in [0.05, 0.1) is 18.8 Å². The Kier molecular flexibility index (Phi) is 28.2. The molecule has 0 saturated heterocycles. The molecule has 28 heteroatoms. The van der Waals surface area contributed by atoms with Gasteiger partial charge in [-0.3, -0.25) is 48.3 Å². The number of carbonyl (C=O) groups is 9. The first-order valence-electron chi connectivity index (χ1n) is 22.8. The second kappa shape index (κ2) is 32.2. The fraction of sp³-hybridized carbons (Fsp3) is 0.605. The lowest BCUT2D eigenvalue weighted by Crippen LogP contribution is -2.62. The molecule has 0 saturated carbocycles. The van der Waals surface area contributed by atoms with Crippen molar-refractivity contribution in [2.45, 2.75) is 134 Å². The molecular formula is C43H73N15O12S. The number of rotatable bonds is 32. The topological polar surface area (TPSA) is 465 Å². The van der Waals surface area contributed by atoms with E-state index in [2.05, 4.69) is 65.1 Å². The highest BCUT2D eigenvalue weighted by atomic mass is 32.1. The van der Waals surface area contributed by atoms with Crippen LogP contribution in [0.15, 0.2) is 40.3 Å². The zero-order valence-corrected chi connectivity index (χ0v) is 41.4. The van der Waals surface area contributed by atoms with Crippen LogP contribution >= 0.6 is 12.6 Å². The van der Waals surface area contributed by atoms with E-state index in [1.165, 1.54) is 13.8 Å². The van der Waals surface area contributed by atoms with Gasteiger partial charge in [0.25, 0.3) is 0 Å². The molecule has 71 heavy (non-hydrogen) atoms. The number of amides is 8. The lowest BCUT2D eigenvalue weighted by Gasteiger charge is -2.28. The average molecular weight is 1020 g/mol. The Hall–Kier alpha value is -6.78. The first-order valence-corrected chi connectivity index (χ1v) is 23.4. The van der Waals surface area contributed by atoms with Crippen LogP contribution in [0.1, 0.15) is 72.3 Å². The molecule has 0 aliphatic carbocycles. The molecule has 0 radical (unpaired) electrons. The number of aliphatic carboxylic acids is 1. The van der Waals surface area contributed by atoms with E-state index in [9.17, 15) is 58.5 Å². The van der Waals surface area contributed by atoms with Crippen LogP contribution in [0.3, 0.4) is 0 Å². The molecule has 398 valence electrons. The van der Waals surface area contributed by atoms with E-state index < -0.39 is 120 Å². The lowest BCUT2D eigenvalue weighted by atomic mass is 10.0. The molecular weight excluding hydrogens is 951 g/mol. The Morgan fingerprint density at radius 3 is 1.49 bits per heavy atom. The Bertz CT molecular complexity index is 2000. The maximum atomic E-state index is 14.2. The van der Waals surface area contributed by atoms with Gasteiger partial charge < -0.3 is 86.5 Å². The molecule has 1 aromatic rings. The van der Waals surface area contributed by atoms with Crippen LogP contribution in [-0.4, -0.2) is 166 Å². The molecule has 0 aromatic heterocycles. The molecule has 8 amide bonds. The smallest absolute Gasteiger partial charge is 0.326 e. The zero-order valence-electron chi connectivity index (χ0n) is 40.6. The molecule has 0 spiro atoms. The molecule has 27 nitrogen and oxygen atoms in total. The minimum atomic E-state index is -1.81. The highest BCUT2D eigenvalue weighted by molar-refractivity contribution is 7.80. The molecule has 21 N–H and O–H groups in total. The standard InChI is InChI=1S/C43H73N15O12S/c1-21(2)17-29(55-34(62)22(3)51-35(63)26(44)20-71)37(65)53-27(13-9-15-49-42(45)46)36(64)56-30(18-25-11-7-6-8-12-25)38(66)58-32(24(5)60)40(68)57-31(19-59)39(67)52-23(4)33(61)54-28(41(69)70)14-10-16-50-43(47)48/h6-8,11-12,21-24,26-32,59-60,71H,9-10,13-20,44H2,1-5H3,(H,51,63)(H,52,67)(H,53,65)(H,54,61)(H,55,62)(H,56,64)(H,57,68)(H,58,66)(H,69,70)(H4,45,46,49)(H4,47,48,50)/t22-,23-,24+,26-,27-,28-,29-,30-,31-,32-/m0/s1. The number of aliphatic hydroxyl groups is 2. The quantitative estimate of drug-likeness (QED) is 0.0138. The first-order chi connectivity index (χ1) is 33.3. The minimum absolute atomic E-state index is 0.0116. The summed E-state index contributed by atoms with van der Waals surface area (Å²) < 4.78 is 0. The van der Waals surface area contributed by atoms with Crippen molar-refractivity contribution >= 4 is 77.8 Å². The van der Waals surface area contributed by atoms with Crippen LogP contribution < -0.4 is 71.2 Å². The molecule has 0 heterocycles. The van der Waals surface area contributed by atoms with E-state index in [1.807, 2.05) is 0 Å². The first kappa shape index (κ1) is 62.2. The van der Waals surface area contributed by atoms with Crippen molar-refractivity contribution in [2.75, 3.05) is 25.4 Å². The number of hydrogen-bond donors (Lipinski definition) is 17. The number of guanidine groups is 2. The zero-order chi connectivity index (χ0) is 54.0. The number of nitrogens with two attached hydrogens (primary N) is 5. The van der Waals surface area contributed by atoms with Gasteiger partial charge in [-0.05, 0) is 64.4 Å². The van der Waals surface area contributed by atoms with E-state index in [1.54, 1.807) is 44.2 Å². The number of nitrogens with zero attached hydrogens (tertiary/aromatic N) is 2. The fourth-order valence-electron chi connectivity index (χ4n) is 6.40. The number of benzene rings is 1. The van der Waals surface area contributed by atoms with Crippen LogP contribution in [0.25, 0.3) is 0 Å². The lowest BCUT2D eigenvalue weighted by molar-refractivity contribution is -0.142. The van der Waals surface area contributed by atoms with E-state index >= 15 is 0 Å². The highest BCUT2D eigenvalue weighted by Crippen LogP contribution is 2.10. The van der Waals surface area contributed by atoms with Crippen LogP contribution in [0.4, 0.5) is 0 Å². The van der Waals surface area contributed by atoms with Crippen molar-refractivity contribution in [3.05, 3.63) is 35.9 Å². The van der Waals surface area contributed by atoms with Crippen molar-refractivity contribution < 1.29 is 58.5 Å². The van der Waals surface area contributed by atoms with Gasteiger partial charge in [-0.1, -0.05) is 44.2 Å². The highest BCUT2D eigenvalue weighted by Gasteiger charge is 2.35. The summed E-state index contributed by atoms with van der Waals surface area (Å²) in [7, 11) is 0. The number of hydrogen-bond acceptors (Lipinski definition) is 15. The Balaban J connectivity index is 3.38. The number of carboxylic acid groups (broad SMARTS) is 1. The number of carbonyl (C=O) groups excluding carboxylic acids is 8. The third-order valence-corrected chi connectivity index (χ3v) is 10.7. The van der Waals surface area contributed by atoms with Crippen LogP contribution in [0.2, 0.25) is 0 Å². The summed E-state index contributed by atoms with van der Waals surface area (Å²) in [5, 5.41) is 49.8. The van der Waals surface area contributed by atoms with Crippen LogP contribution in [0, 0.1) is 5.92 Å². The van der Waals surface area contributed by atoms with Gasteiger partial charge in [0, 0.05) is 25.3 Å². The molecule has 0 aliphatic heterocycles. The summed E-state index contributed by atoms with van der Waals surface area (Å²) in [6.07, 6.45) is -1.56. The molecule has 0 aliphatic rings. The van der Waals surface area contributed by atoms with Gasteiger partial charge in [0.1, 0.15) is 48.3 Å². The fourth-order valence-corrected chi connectivity index (χ4v) is 6.56. The number of thiol groups is 1. The maximum absolute atomic E-state index is 14.2. The van der Waals surface area contributed by atoms with Gasteiger partial charge in [-0.2, -0.15) is 12.6 Å². The third-order valence-electron chi connectivity index (χ3n) is 10.3. The van der Waals surface area contributed by atoms with Gasteiger partial charge in [-0.15, -0.1) is 0 Å². The summed E-state index contributed by atoms with van der Waals surface area (Å²) in [4.78, 5) is 127. The largest absolute Gasteiger partial charge is 0.480 e. The summed E-state index contributed by atoms with van der Waals surface area (Å²) in [6.45, 7) is 6.43. The number of aliphatic imine (C=N–C) groups is 2. The van der Waals surface area contributed by atoms with Crippen molar-refractivity contribution in [2.24, 2.45) is 44.6 Å². The predicted molar refractivity (Wildman–Crippen MR) is 264 cm³/mol. The van der Waals surface area contributed by atoms with Crippen molar-refractivity contribution in [1.29, 1.82) is 0 Å². The minimum Gasteiger partial charge on any atom is -0.480 e. The molecule has 0 fully saturated rings. The van der Waals surface area contributed by atoms with Crippen molar-refractivity contribution in [3.63, 3.8) is 0 Å². The summed E-state index contributed by atoms with van der Waals surface area (Å²) in [5.41, 5.74) is 27.8. The van der Waals surface area contributed by atoms with Crippen molar-refractivity contribution in [1.82, 2.24) is 42.5 Å². The number of nitrogens with one attached hydrogen (secondary N) is 8. The van der Waals surface area contributed by atoms with Crippen LogP contribution in [-0.2, 0) is 49.6 Å². The second-order valence-corrected chi connectivity index (χ2v) is 17.4. The summed E-state index contributed by atoms with van der Waals surface area (Å²) in [6, 6.07) is -4.18. The van der Waals surface area contributed by atoms with Gasteiger partial charge in [0.15, 0.2) is 11.9 Å². The average Bonchev–Trinajstić information content (AvgIpc) is 3.30. The third kappa shape index (κ3) is 24.1. The van der Waals surface area contributed by atoms with Crippen LogP contribution in [0.5, 0.6) is 0 Å². The van der Waals surface area contributed by atoms with Gasteiger partial charge >= 0.3 is 5.97 Å². The second-order valence-electron chi connectivity index (χ2n) is 17.0. The monoisotopic (exact) mass is 1020 g/mol. The molecule has 10 atom stereocenters. The molecule has 0 unspecified atom stereocenters. The SMILES string of the molecule is CC(C)C[C@H](NC(=O)[C@H](C)NC(=O)[C@@H](N)CS)C(=O)N[C@@H](CCCN=C(N)N)C(=O)N[C@@H](Cc1ccccc1)C(=O)N[C@H](C(=O)N[C@@H](CO)C(=O)N[C@@H](C)C(=O)N[C@@H](CCCN=C(N)N)C(=O)O)[C@@H](C)O. The maximum Gasteiger partial charge on any atom is 0.326 e.